The van der Waals surface area contributed by atoms with Gasteiger partial charge in [-0.15, -0.1) is 0 Å². The van der Waals surface area contributed by atoms with Crippen molar-refractivity contribution in [2.24, 2.45) is 0 Å². The maximum atomic E-state index is 12.4. The number of nitrogens with one attached hydrogen (secondary N) is 1. The zero-order valence-electron chi connectivity index (χ0n) is 12.3. The highest BCUT2D eigenvalue weighted by Crippen LogP contribution is 2.22. The number of carbonyl (C=O) groups excluding carboxylic acids is 1. The third kappa shape index (κ3) is 4.00. The van der Waals surface area contributed by atoms with Crippen LogP contribution in [0, 0.1) is 11.3 Å². The molecule has 0 bridgehead atoms. The summed E-state index contributed by atoms with van der Waals surface area (Å²) in [6, 6.07) is 15.5. The van der Waals surface area contributed by atoms with E-state index in [0.717, 1.165) is 0 Å². The molecule has 1 amide bonds. The lowest BCUT2D eigenvalue weighted by Gasteiger charge is -2.25. The number of carbonyl (C=O) groups is 1. The Bertz CT molecular complexity index is 718. The summed E-state index contributed by atoms with van der Waals surface area (Å²) < 4.78 is 5.71. The number of ether oxygens (including phenoxy) is 1. The molecule has 2 aromatic rings. The van der Waals surface area contributed by atoms with Crippen LogP contribution in [0.4, 0.5) is 5.69 Å². The molecule has 2 rings (SSSR count). The van der Waals surface area contributed by atoms with E-state index in [9.17, 15) is 4.79 Å². The van der Waals surface area contributed by atoms with E-state index in [4.69, 9.17) is 21.6 Å². The number of amides is 1. The summed E-state index contributed by atoms with van der Waals surface area (Å²) in [5.41, 5.74) is -0.0396. The van der Waals surface area contributed by atoms with Crippen molar-refractivity contribution in [2.75, 3.05) is 5.32 Å². The van der Waals surface area contributed by atoms with Crippen molar-refractivity contribution in [2.45, 2.75) is 19.4 Å². The van der Waals surface area contributed by atoms with Gasteiger partial charge in [0.05, 0.1) is 11.6 Å². The van der Waals surface area contributed by atoms with Crippen molar-refractivity contribution in [1.82, 2.24) is 0 Å². The number of hydrogen-bond acceptors (Lipinski definition) is 3. The van der Waals surface area contributed by atoms with Crippen molar-refractivity contribution >= 4 is 23.2 Å². The summed E-state index contributed by atoms with van der Waals surface area (Å²) in [7, 11) is 0. The molecule has 0 fully saturated rings. The van der Waals surface area contributed by atoms with Gasteiger partial charge in [0.25, 0.3) is 5.91 Å². The Morgan fingerprint density at radius 3 is 2.55 bits per heavy atom. The fourth-order valence-corrected chi connectivity index (χ4v) is 1.92. The zero-order valence-corrected chi connectivity index (χ0v) is 13.0. The number of benzene rings is 2. The fourth-order valence-electron chi connectivity index (χ4n) is 1.79. The summed E-state index contributed by atoms with van der Waals surface area (Å²) in [5, 5.41) is 12.2. The first-order valence-electron chi connectivity index (χ1n) is 6.67. The van der Waals surface area contributed by atoms with E-state index in [1.807, 2.05) is 6.07 Å². The molecular weight excluding hydrogens is 300 g/mol. The van der Waals surface area contributed by atoms with Crippen LogP contribution >= 0.6 is 11.6 Å². The lowest BCUT2D eigenvalue weighted by molar-refractivity contribution is -0.128. The minimum absolute atomic E-state index is 0.308. The van der Waals surface area contributed by atoms with Gasteiger partial charge in [-0.25, -0.2) is 0 Å². The van der Waals surface area contributed by atoms with Crippen LogP contribution in [0.1, 0.15) is 19.4 Å². The Balaban J connectivity index is 2.09. The molecule has 0 aliphatic heterocycles. The number of nitriles is 1. The molecule has 0 heterocycles. The molecule has 0 aliphatic rings. The number of rotatable bonds is 4. The summed E-state index contributed by atoms with van der Waals surface area (Å²) in [4.78, 5) is 12.4. The second-order valence-corrected chi connectivity index (χ2v) is 5.65. The molecule has 2 aromatic carbocycles. The largest absolute Gasteiger partial charge is 0.478 e. The molecule has 0 atom stereocenters. The molecule has 22 heavy (non-hydrogen) atoms. The molecule has 5 heteroatoms. The van der Waals surface area contributed by atoms with Gasteiger partial charge in [0.2, 0.25) is 0 Å². The van der Waals surface area contributed by atoms with E-state index in [2.05, 4.69) is 5.32 Å². The first-order valence-corrected chi connectivity index (χ1v) is 7.05. The van der Waals surface area contributed by atoms with Crippen molar-refractivity contribution in [3.05, 3.63) is 59.1 Å². The monoisotopic (exact) mass is 314 g/mol. The van der Waals surface area contributed by atoms with E-state index < -0.39 is 5.60 Å². The molecule has 0 unspecified atom stereocenters. The Labute approximate surface area is 134 Å². The van der Waals surface area contributed by atoms with E-state index in [0.29, 0.717) is 22.0 Å². The van der Waals surface area contributed by atoms with Gasteiger partial charge in [-0.05, 0) is 56.3 Å². The van der Waals surface area contributed by atoms with Crippen LogP contribution in [0.15, 0.2) is 48.5 Å². The molecule has 0 aromatic heterocycles. The minimum Gasteiger partial charge on any atom is -0.478 e. The van der Waals surface area contributed by atoms with Crippen molar-refractivity contribution in [1.29, 1.82) is 5.26 Å². The maximum Gasteiger partial charge on any atom is 0.267 e. The quantitative estimate of drug-likeness (QED) is 0.927. The standard InChI is InChI=1S/C17H15ClN2O2/c1-17(2,22-15-8-6-13(18)7-9-15)16(21)20-14-5-3-4-12(10-14)11-19/h3-10H,1-2H3,(H,20,21). The van der Waals surface area contributed by atoms with E-state index >= 15 is 0 Å². The molecule has 0 spiro atoms. The third-order valence-corrected chi connectivity index (χ3v) is 3.23. The predicted octanol–water partition coefficient (Wildman–Crippen LogP) is 4.01. The average molecular weight is 315 g/mol. The highest BCUT2D eigenvalue weighted by Gasteiger charge is 2.30. The number of halogens is 1. The van der Waals surface area contributed by atoms with Gasteiger partial charge in [0.15, 0.2) is 5.60 Å². The third-order valence-electron chi connectivity index (χ3n) is 2.98. The van der Waals surface area contributed by atoms with E-state index in [-0.39, 0.29) is 5.91 Å². The highest BCUT2D eigenvalue weighted by atomic mass is 35.5. The second kappa shape index (κ2) is 6.50. The smallest absolute Gasteiger partial charge is 0.267 e. The zero-order chi connectivity index (χ0) is 16.2. The van der Waals surface area contributed by atoms with Crippen LogP contribution in [0.5, 0.6) is 5.75 Å². The molecule has 4 nitrogen and oxygen atoms in total. The van der Waals surface area contributed by atoms with Gasteiger partial charge in [-0.1, -0.05) is 17.7 Å². The number of anilines is 1. The minimum atomic E-state index is -1.07. The summed E-state index contributed by atoms with van der Waals surface area (Å²) >= 11 is 5.82. The van der Waals surface area contributed by atoms with Crippen LogP contribution < -0.4 is 10.1 Å². The van der Waals surface area contributed by atoms with Gasteiger partial charge < -0.3 is 10.1 Å². The van der Waals surface area contributed by atoms with Gasteiger partial charge in [-0.2, -0.15) is 5.26 Å². The van der Waals surface area contributed by atoms with Crippen LogP contribution in [-0.4, -0.2) is 11.5 Å². The first-order chi connectivity index (χ1) is 10.4. The lowest BCUT2D eigenvalue weighted by Crippen LogP contribution is -2.42. The topological polar surface area (TPSA) is 62.1 Å². The van der Waals surface area contributed by atoms with Crippen molar-refractivity contribution in [3.63, 3.8) is 0 Å². The summed E-state index contributed by atoms with van der Waals surface area (Å²) in [6.07, 6.45) is 0. The molecule has 0 saturated heterocycles. The Morgan fingerprint density at radius 2 is 1.91 bits per heavy atom. The highest BCUT2D eigenvalue weighted by molar-refractivity contribution is 6.30. The molecule has 1 N–H and O–H groups in total. The van der Waals surface area contributed by atoms with Crippen LogP contribution in [-0.2, 0) is 4.79 Å². The SMILES string of the molecule is CC(C)(Oc1ccc(Cl)cc1)C(=O)Nc1cccc(C#N)c1. The predicted molar refractivity (Wildman–Crippen MR) is 85.9 cm³/mol. The average Bonchev–Trinajstić information content (AvgIpc) is 2.49. The van der Waals surface area contributed by atoms with Crippen LogP contribution in [0.25, 0.3) is 0 Å². The van der Waals surface area contributed by atoms with Crippen LogP contribution in [0.3, 0.4) is 0 Å². The van der Waals surface area contributed by atoms with Gasteiger partial charge in [0.1, 0.15) is 5.75 Å². The number of hydrogen-bond donors (Lipinski definition) is 1. The normalized spacial score (nSPS) is 10.6. The molecular formula is C17H15ClN2O2. The van der Waals surface area contributed by atoms with Gasteiger partial charge in [-0.3, -0.25) is 4.79 Å². The molecule has 0 saturated carbocycles. The van der Waals surface area contributed by atoms with E-state index in [1.165, 1.54) is 0 Å². The fraction of sp³-hybridized carbons (Fsp3) is 0.176. The summed E-state index contributed by atoms with van der Waals surface area (Å²) in [5.74, 6) is 0.243. The molecule has 0 radical (unpaired) electrons. The van der Waals surface area contributed by atoms with Gasteiger partial charge >= 0.3 is 0 Å². The summed E-state index contributed by atoms with van der Waals surface area (Å²) in [6.45, 7) is 3.34. The molecule has 112 valence electrons. The second-order valence-electron chi connectivity index (χ2n) is 5.21. The lowest BCUT2D eigenvalue weighted by atomic mass is 10.1. The Hall–Kier alpha value is -2.51. The van der Waals surface area contributed by atoms with Gasteiger partial charge in [0, 0.05) is 10.7 Å². The van der Waals surface area contributed by atoms with Crippen molar-refractivity contribution < 1.29 is 9.53 Å². The maximum absolute atomic E-state index is 12.4. The Morgan fingerprint density at radius 1 is 1.23 bits per heavy atom. The molecule has 0 aliphatic carbocycles. The first kappa shape index (κ1) is 15.9. The number of nitrogens with zero attached hydrogens (tertiary/aromatic N) is 1. The van der Waals surface area contributed by atoms with Crippen molar-refractivity contribution in [3.8, 4) is 11.8 Å². The Kier molecular flexibility index (Phi) is 4.69. The van der Waals surface area contributed by atoms with E-state index in [1.54, 1.807) is 62.4 Å². The van der Waals surface area contributed by atoms with Crippen LogP contribution in [0.2, 0.25) is 5.02 Å².